The average molecular weight is 495 g/mol. The molecule has 1 aliphatic rings. The van der Waals surface area contributed by atoms with Gasteiger partial charge in [0, 0.05) is 5.56 Å². The van der Waals surface area contributed by atoms with Crippen LogP contribution in [-0.4, -0.2) is 17.0 Å². The van der Waals surface area contributed by atoms with E-state index in [1.807, 2.05) is 53.7 Å². The van der Waals surface area contributed by atoms with Crippen molar-refractivity contribution < 1.29 is 24.2 Å². The standard InChI is InChI=1S/C19H26O2.C12H16O3/c1-5-18(3,4)17(20)21-19(6-2)14-10-9-12-15-11-7-8-13-16(15)19;1-4-12(2,3)11(14)15-10-7-5-9(13)6-8-10/h6-8,11,13H,2,5,9-10,12,14H2,1,3-4H3;5-8,13H,4H2,1-3H3. The maximum Gasteiger partial charge on any atom is 0.316 e. The number of aromatic hydroxyl groups is 1. The van der Waals surface area contributed by atoms with Gasteiger partial charge >= 0.3 is 11.9 Å². The van der Waals surface area contributed by atoms with Crippen molar-refractivity contribution in [1.82, 2.24) is 0 Å². The van der Waals surface area contributed by atoms with Crippen molar-refractivity contribution in [3.05, 3.63) is 72.3 Å². The van der Waals surface area contributed by atoms with Crippen LogP contribution in [0.4, 0.5) is 0 Å². The lowest BCUT2D eigenvalue weighted by atomic mass is 9.86. The molecule has 1 atom stereocenters. The molecule has 36 heavy (non-hydrogen) atoms. The van der Waals surface area contributed by atoms with Crippen molar-refractivity contribution in [1.29, 1.82) is 0 Å². The van der Waals surface area contributed by atoms with Crippen LogP contribution >= 0.6 is 0 Å². The second-order valence-corrected chi connectivity index (χ2v) is 10.7. The maximum atomic E-state index is 12.6. The van der Waals surface area contributed by atoms with Crippen molar-refractivity contribution in [2.24, 2.45) is 10.8 Å². The van der Waals surface area contributed by atoms with E-state index in [0.717, 1.165) is 44.1 Å². The number of aryl methyl sites for hydroxylation is 1. The Labute approximate surface area is 216 Å². The zero-order valence-electron chi connectivity index (χ0n) is 22.7. The minimum atomic E-state index is -0.670. The Bertz CT molecular complexity index is 1040. The van der Waals surface area contributed by atoms with Gasteiger partial charge in [0.2, 0.25) is 0 Å². The molecule has 0 fully saturated rings. The number of carbonyl (C=O) groups is 2. The first-order chi connectivity index (χ1) is 16.9. The summed E-state index contributed by atoms with van der Waals surface area (Å²) in [5, 5.41) is 9.06. The quantitative estimate of drug-likeness (QED) is 0.187. The lowest BCUT2D eigenvalue weighted by molar-refractivity contribution is -0.168. The first kappa shape index (κ1) is 29.2. The molecule has 196 valence electrons. The molecule has 1 unspecified atom stereocenters. The molecular formula is C31H42O5. The van der Waals surface area contributed by atoms with Gasteiger partial charge < -0.3 is 14.6 Å². The number of ether oxygens (including phenoxy) is 2. The molecule has 0 aliphatic heterocycles. The van der Waals surface area contributed by atoms with Crippen molar-refractivity contribution in [2.75, 3.05) is 0 Å². The van der Waals surface area contributed by atoms with E-state index >= 15 is 0 Å². The highest BCUT2D eigenvalue weighted by molar-refractivity contribution is 5.78. The van der Waals surface area contributed by atoms with Crippen LogP contribution in [0.15, 0.2) is 61.2 Å². The van der Waals surface area contributed by atoms with Gasteiger partial charge in [0.05, 0.1) is 10.8 Å². The molecule has 0 radical (unpaired) electrons. The number of rotatable bonds is 7. The predicted octanol–water partition coefficient (Wildman–Crippen LogP) is 7.51. The van der Waals surface area contributed by atoms with E-state index in [0.29, 0.717) is 5.75 Å². The van der Waals surface area contributed by atoms with Crippen molar-refractivity contribution in [3.63, 3.8) is 0 Å². The van der Waals surface area contributed by atoms with E-state index in [2.05, 4.69) is 24.8 Å². The Kier molecular flexibility index (Phi) is 9.92. The summed E-state index contributed by atoms with van der Waals surface area (Å²) in [4.78, 5) is 24.2. The van der Waals surface area contributed by atoms with E-state index in [1.165, 1.54) is 17.7 Å². The Morgan fingerprint density at radius 1 is 0.944 bits per heavy atom. The fourth-order valence-electron chi connectivity index (χ4n) is 3.70. The van der Waals surface area contributed by atoms with Gasteiger partial charge in [0.15, 0.2) is 5.60 Å². The highest BCUT2D eigenvalue weighted by Gasteiger charge is 2.39. The summed E-state index contributed by atoms with van der Waals surface area (Å²) >= 11 is 0. The summed E-state index contributed by atoms with van der Waals surface area (Å²) in [7, 11) is 0. The summed E-state index contributed by atoms with van der Waals surface area (Å²) < 4.78 is 11.2. The van der Waals surface area contributed by atoms with Crippen molar-refractivity contribution in [3.8, 4) is 11.5 Å². The molecule has 0 bridgehead atoms. The van der Waals surface area contributed by atoms with Gasteiger partial charge in [-0.15, -0.1) is 0 Å². The number of hydrogen-bond donors (Lipinski definition) is 1. The monoisotopic (exact) mass is 494 g/mol. The van der Waals surface area contributed by atoms with Crippen LogP contribution in [0, 0.1) is 10.8 Å². The molecule has 0 saturated carbocycles. The lowest BCUT2D eigenvalue weighted by Crippen LogP contribution is -2.36. The van der Waals surface area contributed by atoms with Gasteiger partial charge in [-0.1, -0.05) is 44.7 Å². The largest absolute Gasteiger partial charge is 0.508 e. The third kappa shape index (κ3) is 7.22. The Hall–Kier alpha value is -3.08. The highest BCUT2D eigenvalue weighted by atomic mass is 16.6. The molecule has 5 heteroatoms. The van der Waals surface area contributed by atoms with Gasteiger partial charge in [-0.05, 0) is 102 Å². The smallest absolute Gasteiger partial charge is 0.316 e. The molecule has 0 heterocycles. The maximum absolute atomic E-state index is 12.6. The summed E-state index contributed by atoms with van der Waals surface area (Å²) in [5.41, 5.74) is 0.779. The Morgan fingerprint density at radius 3 is 2.11 bits per heavy atom. The number of phenolic OH excluding ortho intramolecular Hbond substituents is 1. The van der Waals surface area contributed by atoms with E-state index in [4.69, 9.17) is 14.6 Å². The molecule has 1 N–H and O–H groups in total. The van der Waals surface area contributed by atoms with E-state index in [1.54, 1.807) is 12.1 Å². The van der Waals surface area contributed by atoms with Crippen LogP contribution in [0.5, 0.6) is 11.5 Å². The molecule has 0 aromatic heterocycles. The summed E-state index contributed by atoms with van der Waals surface area (Å²) in [6.07, 6.45) is 7.34. The minimum Gasteiger partial charge on any atom is -0.508 e. The zero-order chi connectivity index (χ0) is 27.0. The molecule has 3 rings (SSSR count). The summed E-state index contributed by atoms with van der Waals surface area (Å²) in [5.74, 6) is 0.223. The zero-order valence-corrected chi connectivity index (χ0v) is 22.7. The fraction of sp³-hybridized carbons (Fsp3) is 0.484. The Balaban J connectivity index is 0.000000269. The predicted molar refractivity (Wildman–Crippen MR) is 144 cm³/mol. The second-order valence-electron chi connectivity index (χ2n) is 10.7. The lowest BCUT2D eigenvalue weighted by Gasteiger charge is -2.34. The molecule has 5 nitrogen and oxygen atoms in total. The molecule has 0 saturated heterocycles. The second kappa shape index (κ2) is 12.2. The third-order valence-electron chi connectivity index (χ3n) is 7.24. The SMILES string of the molecule is C=CC1(OC(=O)C(C)(C)CC)CCCCc2ccccc21.CCC(C)(C)C(=O)Oc1ccc(O)cc1. The molecule has 0 spiro atoms. The number of phenols is 1. The van der Waals surface area contributed by atoms with Crippen LogP contribution < -0.4 is 4.74 Å². The number of carbonyl (C=O) groups excluding carboxylic acids is 2. The highest BCUT2D eigenvalue weighted by Crippen LogP contribution is 2.40. The normalized spacial score (nSPS) is 17.5. The molecule has 2 aromatic carbocycles. The van der Waals surface area contributed by atoms with Gasteiger partial charge in [-0.25, -0.2) is 0 Å². The Morgan fingerprint density at radius 2 is 1.53 bits per heavy atom. The third-order valence-corrected chi connectivity index (χ3v) is 7.24. The minimum absolute atomic E-state index is 0.137. The molecular weight excluding hydrogens is 452 g/mol. The molecule has 0 amide bonds. The number of esters is 2. The van der Waals surface area contributed by atoms with Crippen molar-refractivity contribution >= 4 is 11.9 Å². The van der Waals surface area contributed by atoms with E-state index in [9.17, 15) is 9.59 Å². The first-order valence-electron chi connectivity index (χ1n) is 12.9. The number of fused-ring (bicyclic) bond motifs is 1. The van der Waals surface area contributed by atoms with Gasteiger partial charge in [0.1, 0.15) is 11.5 Å². The van der Waals surface area contributed by atoms with Crippen LogP contribution in [0.2, 0.25) is 0 Å². The van der Waals surface area contributed by atoms with E-state index < -0.39 is 16.4 Å². The molecule has 2 aromatic rings. The van der Waals surface area contributed by atoms with Gasteiger partial charge in [-0.2, -0.15) is 0 Å². The summed E-state index contributed by atoms with van der Waals surface area (Å²) in [6, 6.07) is 14.4. The van der Waals surface area contributed by atoms with Gasteiger partial charge in [-0.3, -0.25) is 9.59 Å². The first-order valence-corrected chi connectivity index (χ1v) is 12.9. The van der Waals surface area contributed by atoms with Gasteiger partial charge in [0.25, 0.3) is 0 Å². The van der Waals surface area contributed by atoms with Crippen LogP contribution in [0.1, 0.15) is 84.8 Å². The summed E-state index contributed by atoms with van der Waals surface area (Å²) in [6.45, 7) is 15.5. The number of benzene rings is 2. The topological polar surface area (TPSA) is 72.8 Å². The van der Waals surface area contributed by atoms with Crippen LogP contribution in [0.3, 0.4) is 0 Å². The van der Waals surface area contributed by atoms with Crippen molar-refractivity contribution in [2.45, 2.75) is 85.7 Å². The number of hydrogen-bond acceptors (Lipinski definition) is 5. The van der Waals surface area contributed by atoms with E-state index in [-0.39, 0.29) is 17.7 Å². The van der Waals surface area contributed by atoms with Crippen LogP contribution in [0.25, 0.3) is 0 Å². The fourth-order valence-corrected chi connectivity index (χ4v) is 3.70. The van der Waals surface area contributed by atoms with Crippen LogP contribution in [-0.2, 0) is 26.3 Å². The average Bonchev–Trinajstić information content (AvgIpc) is 3.05. The molecule has 1 aliphatic carbocycles.